The number of aromatic nitrogens is 1. The predicted molar refractivity (Wildman–Crippen MR) is 60.2 cm³/mol. The smallest absolute Gasteiger partial charge is 0.253 e. The summed E-state index contributed by atoms with van der Waals surface area (Å²) in [4.78, 5) is 11.8. The molecule has 0 unspecified atom stereocenters. The van der Waals surface area contributed by atoms with Crippen molar-refractivity contribution >= 4 is 16.8 Å². The second-order valence-electron chi connectivity index (χ2n) is 3.96. The highest BCUT2D eigenvalue weighted by Crippen LogP contribution is 2.26. The van der Waals surface area contributed by atoms with Crippen LogP contribution in [0.5, 0.6) is 0 Å². The van der Waals surface area contributed by atoms with Gasteiger partial charge in [0, 0.05) is 30.2 Å². The number of benzene rings is 1. The molecule has 1 amide bonds. The van der Waals surface area contributed by atoms with Crippen LogP contribution in [0.2, 0.25) is 0 Å². The average molecular weight is 216 g/mol. The van der Waals surface area contributed by atoms with Crippen LogP contribution in [0.25, 0.3) is 10.9 Å². The van der Waals surface area contributed by atoms with Gasteiger partial charge in [0.05, 0.1) is 17.7 Å². The number of carbonyl (C=O) groups excluding carboxylic acids is 1. The zero-order chi connectivity index (χ0) is 11.1. The van der Waals surface area contributed by atoms with Gasteiger partial charge in [-0.25, -0.2) is 0 Å². The first-order chi connectivity index (χ1) is 7.81. The van der Waals surface area contributed by atoms with Crippen LogP contribution in [0.4, 0.5) is 0 Å². The molecule has 2 heterocycles. The fraction of sp³-hybridized carbons (Fsp3) is 0.250. The summed E-state index contributed by atoms with van der Waals surface area (Å²) in [5.74, 6) is -0.0352. The Morgan fingerprint density at radius 1 is 1.44 bits per heavy atom. The van der Waals surface area contributed by atoms with Gasteiger partial charge in [0.25, 0.3) is 5.91 Å². The zero-order valence-corrected chi connectivity index (χ0v) is 8.73. The van der Waals surface area contributed by atoms with Crippen molar-refractivity contribution in [3.63, 3.8) is 0 Å². The van der Waals surface area contributed by atoms with Crippen LogP contribution < -0.4 is 5.32 Å². The number of para-hydroxylation sites is 1. The van der Waals surface area contributed by atoms with Crippen LogP contribution in [0.1, 0.15) is 15.9 Å². The Balaban J connectivity index is 2.41. The Morgan fingerprint density at radius 2 is 2.31 bits per heavy atom. The summed E-state index contributed by atoms with van der Waals surface area (Å²) in [5.41, 5.74) is 2.50. The topological polar surface area (TPSA) is 54.3 Å². The molecule has 2 N–H and O–H groups in total. The summed E-state index contributed by atoms with van der Waals surface area (Å²) >= 11 is 0. The van der Waals surface area contributed by atoms with Crippen LogP contribution >= 0.6 is 0 Å². The third kappa shape index (κ3) is 1.17. The minimum atomic E-state index is -0.0352. The molecule has 1 aromatic heterocycles. The monoisotopic (exact) mass is 216 g/mol. The minimum absolute atomic E-state index is 0.00850. The van der Waals surface area contributed by atoms with Gasteiger partial charge in [0.2, 0.25) is 0 Å². The van der Waals surface area contributed by atoms with Gasteiger partial charge in [-0.3, -0.25) is 4.79 Å². The highest BCUT2D eigenvalue weighted by Gasteiger charge is 2.18. The van der Waals surface area contributed by atoms with Gasteiger partial charge in [-0.1, -0.05) is 12.1 Å². The van der Waals surface area contributed by atoms with E-state index in [-0.39, 0.29) is 12.5 Å². The Morgan fingerprint density at radius 3 is 3.12 bits per heavy atom. The molecule has 0 atom stereocenters. The van der Waals surface area contributed by atoms with E-state index in [9.17, 15) is 9.90 Å². The summed E-state index contributed by atoms with van der Waals surface area (Å²) in [7, 11) is 0. The molecule has 4 heteroatoms. The van der Waals surface area contributed by atoms with Gasteiger partial charge in [0.15, 0.2) is 0 Å². The molecule has 1 aliphatic heterocycles. The van der Waals surface area contributed by atoms with Gasteiger partial charge in [-0.15, -0.1) is 0 Å². The molecule has 0 spiro atoms. The molecule has 3 rings (SSSR count). The highest BCUT2D eigenvalue weighted by atomic mass is 16.3. The number of hydrogen-bond acceptors (Lipinski definition) is 2. The summed E-state index contributed by atoms with van der Waals surface area (Å²) in [6.07, 6.45) is 1.93. The fourth-order valence-corrected chi connectivity index (χ4v) is 2.30. The maximum absolute atomic E-state index is 11.8. The number of nitrogens with zero attached hydrogens (tertiary/aromatic N) is 1. The number of aliphatic hydroxyl groups is 1. The standard InChI is InChI=1S/C12H12N2O2/c15-7-8-6-14-5-4-13-12(16)10-3-1-2-9(8)11(10)14/h1-3,6,15H,4-5,7H2,(H,13,16). The Labute approximate surface area is 92.5 Å². The molecule has 1 aliphatic rings. The molecule has 0 saturated heterocycles. The van der Waals surface area contributed by atoms with E-state index in [0.29, 0.717) is 12.1 Å². The van der Waals surface area contributed by atoms with E-state index in [2.05, 4.69) is 5.32 Å². The molecule has 0 aliphatic carbocycles. The molecule has 4 nitrogen and oxygen atoms in total. The van der Waals surface area contributed by atoms with Crippen LogP contribution in [-0.2, 0) is 13.2 Å². The number of aliphatic hydroxyl groups excluding tert-OH is 1. The molecule has 0 saturated carbocycles. The number of hydrogen-bond donors (Lipinski definition) is 2. The third-order valence-corrected chi connectivity index (χ3v) is 3.03. The lowest BCUT2D eigenvalue weighted by molar-refractivity contribution is 0.0956. The van der Waals surface area contributed by atoms with Crippen LogP contribution in [-0.4, -0.2) is 22.1 Å². The summed E-state index contributed by atoms with van der Waals surface area (Å²) in [6.45, 7) is 1.38. The second kappa shape index (κ2) is 3.35. The maximum atomic E-state index is 11.8. The minimum Gasteiger partial charge on any atom is -0.392 e. The van der Waals surface area contributed by atoms with Crippen molar-refractivity contribution in [2.45, 2.75) is 13.2 Å². The van der Waals surface area contributed by atoms with E-state index in [1.54, 1.807) is 0 Å². The molecule has 1 aromatic carbocycles. The largest absolute Gasteiger partial charge is 0.392 e. The third-order valence-electron chi connectivity index (χ3n) is 3.03. The molecular weight excluding hydrogens is 204 g/mol. The fourth-order valence-electron chi connectivity index (χ4n) is 2.30. The first kappa shape index (κ1) is 9.42. The molecule has 82 valence electrons. The lowest BCUT2D eigenvalue weighted by Gasteiger charge is -2.01. The molecule has 2 aromatic rings. The van der Waals surface area contributed by atoms with E-state index in [1.165, 1.54) is 0 Å². The molecule has 16 heavy (non-hydrogen) atoms. The first-order valence-electron chi connectivity index (χ1n) is 5.31. The number of nitrogens with one attached hydrogen (secondary N) is 1. The zero-order valence-electron chi connectivity index (χ0n) is 8.73. The molecule has 0 radical (unpaired) electrons. The van der Waals surface area contributed by atoms with Crippen LogP contribution in [0.3, 0.4) is 0 Å². The van der Waals surface area contributed by atoms with Crippen LogP contribution in [0, 0.1) is 0 Å². The van der Waals surface area contributed by atoms with Gasteiger partial charge in [0.1, 0.15) is 0 Å². The average Bonchev–Trinajstić information content (AvgIpc) is 2.58. The SMILES string of the molecule is O=C1NCCn2cc(CO)c3cccc1c32. The predicted octanol–water partition coefficient (Wildman–Crippen LogP) is 0.877. The first-order valence-corrected chi connectivity index (χ1v) is 5.31. The van der Waals surface area contributed by atoms with E-state index < -0.39 is 0 Å². The van der Waals surface area contributed by atoms with Crippen molar-refractivity contribution in [1.29, 1.82) is 0 Å². The second-order valence-corrected chi connectivity index (χ2v) is 3.96. The Hall–Kier alpha value is -1.81. The molecule has 0 fully saturated rings. The van der Waals surface area contributed by atoms with E-state index >= 15 is 0 Å². The van der Waals surface area contributed by atoms with Gasteiger partial charge >= 0.3 is 0 Å². The lowest BCUT2D eigenvalue weighted by Crippen LogP contribution is -2.24. The van der Waals surface area contributed by atoms with E-state index in [0.717, 1.165) is 23.0 Å². The van der Waals surface area contributed by atoms with Gasteiger partial charge in [-0.2, -0.15) is 0 Å². The van der Waals surface area contributed by atoms with Crippen molar-refractivity contribution in [2.24, 2.45) is 0 Å². The van der Waals surface area contributed by atoms with Crippen molar-refractivity contribution < 1.29 is 9.90 Å². The summed E-state index contributed by atoms with van der Waals surface area (Å²) < 4.78 is 2.04. The normalized spacial score (nSPS) is 14.9. The van der Waals surface area contributed by atoms with E-state index in [4.69, 9.17) is 0 Å². The van der Waals surface area contributed by atoms with Crippen molar-refractivity contribution in [1.82, 2.24) is 9.88 Å². The van der Waals surface area contributed by atoms with Gasteiger partial charge in [-0.05, 0) is 6.07 Å². The lowest BCUT2D eigenvalue weighted by atomic mass is 10.1. The van der Waals surface area contributed by atoms with Crippen LogP contribution in [0.15, 0.2) is 24.4 Å². The quantitative estimate of drug-likeness (QED) is 0.743. The van der Waals surface area contributed by atoms with Gasteiger partial charge < -0.3 is 15.0 Å². The van der Waals surface area contributed by atoms with E-state index in [1.807, 2.05) is 29.0 Å². The summed E-state index contributed by atoms with van der Waals surface area (Å²) in [5, 5.41) is 13.1. The highest BCUT2D eigenvalue weighted by molar-refractivity contribution is 6.07. The van der Waals surface area contributed by atoms with Crippen molar-refractivity contribution in [3.05, 3.63) is 35.5 Å². The number of rotatable bonds is 1. The molecule has 0 bridgehead atoms. The summed E-state index contributed by atoms with van der Waals surface area (Å²) in [6, 6.07) is 5.62. The number of carbonyl (C=O) groups is 1. The van der Waals surface area contributed by atoms with Crippen molar-refractivity contribution in [3.8, 4) is 0 Å². The molecular formula is C12H12N2O2. The Bertz CT molecular complexity index is 572. The maximum Gasteiger partial charge on any atom is 0.253 e. The van der Waals surface area contributed by atoms with Crippen molar-refractivity contribution in [2.75, 3.05) is 6.54 Å². The Kier molecular flexibility index (Phi) is 1.97. The number of amides is 1.